The highest BCUT2D eigenvalue weighted by atomic mass is 79.9. The van der Waals surface area contributed by atoms with Crippen molar-refractivity contribution in [1.29, 1.82) is 0 Å². The number of rotatable bonds is 4. The zero-order valence-corrected chi connectivity index (χ0v) is 26.1. The summed E-state index contributed by atoms with van der Waals surface area (Å²) in [5, 5.41) is 0. The van der Waals surface area contributed by atoms with E-state index in [1.54, 1.807) is 0 Å². The second kappa shape index (κ2) is 10.8. The molecule has 0 aromatic heterocycles. The normalized spacial score (nSPS) is 28.3. The summed E-state index contributed by atoms with van der Waals surface area (Å²) >= 11 is 0. The lowest BCUT2D eigenvalue weighted by molar-refractivity contribution is -0.0904. The molecular weight excluding hydrogens is 648 g/mol. The summed E-state index contributed by atoms with van der Waals surface area (Å²) in [6.45, 7) is 0. The molecule has 3 heteroatoms. The lowest BCUT2D eigenvalue weighted by atomic mass is 9.29. The van der Waals surface area contributed by atoms with Crippen molar-refractivity contribution in [1.82, 2.24) is 0 Å². The van der Waals surface area contributed by atoms with Gasteiger partial charge in [0.25, 0.3) is 0 Å². The van der Waals surface area contributed by atoms with Crippen LogP contribution in [0.15, 0.2) is 121 Å². The van der Waals surface area contributed by atoms with Crippen LogP contribution in [0, 0.1) is 11.8 Å². The molecule has 4 aromatic rings. The summed E-state index contributed by atoms with van der Waals surface area (Å²) in [5.41, 5.74) is 6.11. The Hall–Kier alpha value is -1.68. The summed E-state index contributed by atoms with van der Waals surface area (Å²) in [6.07, 6.45) is 6.54. The van der Waals surface area contributed by atoms with Crippen LogP contribution in [0.1, 0.15) is 54.4 Å². The number of hydrogen-bond donors (Lipinski definition) is 0. The van der Waals surface area contributed by atoms with Crippen LogP contribution in [0.5, 0.6) is 0 Å². The van der Waals surface area contributed by atoms with Crippen LogP contribution < -0.4 is 0 Å². The number of hydrogen-bond acceptors (Lipinski definition) is 0. The first kappa shape index (κ1) is 28.3. The molecule has 0 nitrogen and oxygen atoms in total. The lowest BCUT2D eigenvalue weighted by Gasteiger charge is -2.74. The SMILES string of the molecule is Br.Br.Br.c1ccc(C23CC4CC(C2)CC(c2ccccc2)(C4)C3(c2ccccc2)c2ccccc2)cc1. The predicted molar refractivity (Wildman–Crippen MR) is 171 cm³/mol. The smallest absolute Gasteiger partial charge is 0.0396 e. The summed E-state index contributed by atoms with van der Waals surface area (Å²) in [7, 11) is 0. The Morgan fingerprint density at radius 3 is 0.946 bits per heavy atom. The van der Waals surface area contributed by atoms with E-state index < -0.39 is 0 Å². The van der Waals surface area contributed by atoms with E-state index in [1.165, 1.54) is 54.4 Å². The first-order chi connectivity index (χ1) is 16.8. The third-order valence-electron chi connectivity index (χ3n) is 9.72. The highest BCUT2D eigenvalue weighted by Gasteiger charge is 2.73. The Balaban J connectivity index is 0.00000107. The van der Waals surface area contributed by atoms with Crippen LogP contribution in [0.25, 0.3) is 0 Å². The molecule has 0 spiro atoms. The van der Waals surface area contributed by atoms with Crippen LogP contribution in [0.2, 0.25) is 0 Å². The largest absolute Gasteiger partial charge is 0.114 e. The van der Waals surface area contributed by atoms with Gasteiger partial charge < -0.3 is 0 Å². The monoisotopic (exact) mass is 680 g/mol. The minimum Gasteiger partial charge on any atom is -0.114 e. The molecular formula is C34H35Br3. The van der Waals surface area contributed by atoms with E-state index in [4.69, 9.17) is 0 Å². The van der Waals surface area contributed by atoms with Gasteiger partial charge in [-0.1, -0.05) is 121 Å². The quantitative estimate of drug-likeness (QED) is 0.201. The zero-order chi connectivity index (χ0) is 22.6. The standard InChI is InChI=1S/C34H32.3BrH/c1-5-13-28(14-6-1)32-22-26-21-27(23-32)25-33(24-26,29-15-7-2-8-16-29)34(32,30-17-9-3-10-18-30)31-19-11-4-12-20-31;;;/h1-20,26-27H,21-25H2;3*1H. The number of benzene rings is 4. The summed E-state index contributed by atoms with van der Waals surface area (Å²) in [6, 6.07) is 46.4. The first-order valence-corrected chi connectivity index (χ1v) is 13.0. The van der Waals surface area contributed by atoms with Gasteiger partial charge in [-0.25, -0.2) is 0 Å². The zero-order valence-electron chi connectivity index (χ0n) is 21.0. The van der Waals surface area contributed by atoms with E-state index in [-0.39, 0.29) is 67.2 Å². The number of halogens is 3. The molecule has 0 unspecified atom stereocenters. The molecule has 8 rings (SSSR count). The maximum absolute atomic E-state index is 2.44. The maximum atomic E-state index is 2.44. The van der Waals surface area contributed by atoms with Crippen molar-refractivity contribution < 1.29 is 0 Å². The van der Waals surface area contributed by atoms with Gasteiger partial charge in [0.15, 0.2) is 0 Å². The highest BCUT2D eigenvalue weighted by Crippen LogP contribution is 2.76. The lowest BCUT2D eigenvalue weighted by Crippen LogP contribution is -2.72. The van der Waals surface area contributed by atoms with E-state index in [0.29, 0.717) is 0 Å². The van der Waals surface area contributed by atoms with Crippen molar-refractivity contribution >= 4 is 50.9 Å². The van der Waals surface area contributed by atoms with E-state index in [2.05, 4.69) is 121 Å². The van der Waals surface area contributed by atoms with E-state index in [1.807, 2.05) is 0 Å². The predicted octanol–water partition coefficient (Wildman–Crippen LogP) is 9.81. The highest BCUT2D eigenvalue weighted by molar-refractivity contribution is 8.93. The Morgan fingerprint density at radius 1 is 0.378 bits per heavy atom. The molecule has 4 aliphatic rings. The van der Waals surface area contributed by atoms with E-state index in [0.717, 1.165) is 11.8 Å². The minimum atomic E-state index is -0.112. The average Bonchev–Trinajstić information content (AvgIpc) is 2.90. The molecule has 4 aliphatic carbocycles. The molecule has 192 valence electrons. The van der Waals surface area contributed by atoms with Crippen molar-refractivity contribution in [2.45, 2.75) is 48.3 Å². The van der Waals surface area contributed by atoms with Gasteiger partial charge in [-0.05, 0) is 66.2 Å². The Morgan fingerprint density at radius 2 is 0.649 bits per heavy atom. The molecule has 0 saturated heterocycles. The molecule has 4 saturated carbocycles. The summed E-state index contributed by atoms with van der Waals surface area (Å²) in [5.74, 6) is 1.57. The van der Waals surface area contributed by atoms with Crippen molar-refractivity contribution in [3.8, 4) is 0 Å². The molecule has 0 N–H and O–H groups in total. The molecule has 0 atom stereocenters. The van der Waals surface area contributed by atoms with Gasteiger partial charge in [0, 0.05) is 16.2 Å². The Bertz CT molecular complexity index is 1170. The summed E-state index contributed by atoms with van der Waals surface area (Å²) < 4.78 is 0. The van der Waals surface area contributed by atoms with Crippen molar-refractivity contribution in [3.05, 3.63) is 144 Å². The minimum absolute atomic E-state index is 0. The molecule has 37 heavy (non-hydrogen) atoms. The van der Waals surface area contributed by atoms with Crippen LogP contribution in [-0.2, 0) is 16.2 Å². The average molecular weight is 683 g/mol. The van der Waals surface area contributed by atoms with Gasteiger partial charge in [-0.2, -0.15) is 0 Å². The van der Waals surface area contributed by atoms with Crippen LogP contribution >= 0.6 is 50.9 Å². The van der Waals surface area contributed by atoms with Gasteiger partial charge in [0.2, 0.25) is 0 Å². The van der Waals surface area contributed by atoms with Crippen LogP contribution in [0.4, 0.5) is 0 Å². The van der Waals surface area contributed by atoms with E-state index >= 15 is 0 Å². The van der Waals surface area contributed by atoms with Crippen molar-refractivity contribution in [3.63, 3.8) is 0 Å². The van der Waals surface area contributed by atoms with Gasteiger partial charge in [-0.3, -0.25) is 0 Å². The van der Waals surface area contributed by atoms with Crippen molar-refractivity contribution in [2.24, 2.45) is 11.8 Å². The molecule has 4 bridgehead atoms. The molecule has 4 fully saturated rings. The Kier molecular flexibility index (Phi) is 8.29. The van der Waals surface area contributed by atoms with Gasteiger partial charge in [0.1, 0.15) is 0 Å². The fourth-order valence-electron chi connectivity index (χ4n) is 9.22. The fraction of sp³-hybridized carbons (Fsp3) is 0.294. The molecule has 0 radical (unpaired) electrons. The van der Waals surface area contributed by atoms with Gasteiger partial charge in [-0.15, -0.1) is 50.9 Å². The van der Waals surface area contributed by atoms with Crippen molar-refractivity contribution in [2.75, 3.05) is 0 Å². The third-order valence-corrected chi connectivity index (χ3v) is 9.72. The maximum Gasteiger partial charge on any atom is 0.0396 e. The van der Waals surface area contributed by atoms with Crippen LogP contribution in [-0.4, -0.2) is 0 Å². The Labute approximate surface area is 253 Å². The molecule has 0 amide bonds. The summed E-state index contributed by atoms with van der Waals surface area (Å²) in [4.78, 5) is 0. The molecule has 0 heterocycles. The first-order valence-electron chi connectivity index (χ1n) is 13.0. The second-order valence-corrected chi connectivity index (χ2v) is 11.2. The fourth-order valence-corrected chi connectivity index (χ4v) is 9.22. The van der Waals surface area contributed by atoms with Gasteiger partial charge >= 0.3 is 0 Å². The molecule has 4 aromatic carbocycles. The molecule has 0 aliphatic heterocycles. The topological polar surface area (TPSA) is 0 Å². The second-order valence-electron chi connectivity index (χ2n) is 11.2. The van der Waals surface area contributed by atoms with Crippen LogP contribution in [0.3, 0.4) is 0 Å². The van der Waals surface area contributed by atoms with E-state index in [9.17, 15) is 0 Å². The van der Waals surface area contributed by atoms with Gasteiger partial charge in [0.05, 0.1) is 0 Å². The third kappa shape index (κ3) is 3.86.